The minimum absolute atomic E-state index is 0.0491. The molecule has 1 saturated carbocycles. The maximum atomic E-state index is 12.0. The van der Waals surface area contributed by atoms with Crippen LogP contribution in [0.4, 0.5) is 5.69 Å². The maximum absolute atomic E-state index is 12.0. The Morgan fingerprint density at radius 3 is 2.68 bits per heavy atom. The number of nitrogens with one attached hydrogen (secondary N) is 2. The van der Waals surface area contributed by atoms with Gasteiger partial charge in [-0.05, 0) is 36.6 Å². The van der Waals surface area contributed by atoms with Gasteiger partial charge in [0.1, 0.15) is 11.5 Å². The Kier molecular flexibility index (Phi) is 5.28. The summed E-state index contributed by atoms with van der Waals surface area (Å²) < 4.78 is 5.71. The molecule has 6 nitrogen and oxygen atoms in total. The maximum Gasteiger partial charge on any atom is 0.226 e. The fraction of sp³-hybridized carbons (Fsp3) is 0.316. The average Bonchev–Trinajstić information content (AvgIpc) is 3.33. The zero-order chi connectivity index (χ0) is 17.6. The average molecular weight is 339 g/mol. The van der Waals surface area contributed by atoms with E-state index in [1.807, 2.05) is 12.1 Å². The molecule has 3 rings (SSSR count). The largest absolute Gasteiger partial charge is 0.457 e. The molecule has 2 atom stereocenters. The van der Waals surface area contributed by atoms with Gasteiger partial charge in [0.05, 0.1) is 0 Å². The second-order valence-corrected chi connectivity index (χ2v) is 6.22. The lowest BCUT2D eigenvalue weighted by Gasteiger charge is -2.09. The highest BCUT2D eigenvalue weighted by atomic mass is 16.5. The smallest absolute Gasteiger partial charge is 0.226 e. The standard InChI is InChI=1S/C19H21N3O3/c1-13-11-17(13)19(24)21-10-7-18(23)22-14-3-2-4-16(12-14)25-15-5-8-20-9-6-15/h2-6,8-9,12-13,17H,7,10-11H2,1H3,(H,21,24)(H,22,23)/t13-,17+/m1/s1. The lowest BCUT2D eigenvalue weighted by molar-refractivity contribution is -0.122. The van der Waals surface area contributed by atoms with Crippen molar-refractivity contribution in [2.75, 3.05) is 11.9 Å². The van der Waals surface area contributed by atoms with Crippen LogP contribution in [0.1, 0.15) is 19.8 Å². The molecule has 2 aromatic rings. The van der Waals surface area contributed by atoms with E-state index < -0.39 is 0 Å². The van der Waals surface area contributed by atoms with E-state index in [1.165, 1.54) is 0 Å². The number of nitrogens with zero attached hydrogens (tertiary/aromatic N) is 1. The van der Waals surface area contributed by atoms with Crippen molar-refractivity contribution in [3.63, 3.8) is 0 Å². The summed E-state index contributed by atoms with van der Waals surface area (Å²) in [7, 11) is 0. The first-order chi connectivity index (χ1) is 12.1. The predicted molar refractivity (Wildman–Crippen MR) is 94.3 cm³/mol. The molecule has 130 valence electrons. The van der Waals surface area contributed by atoms with E-state index in [0.29, 0.717) is 29.6 Å². The summed E-state index contributed by atoms with van der Waals surface area (Å²) in [6.45, 7) is 2.40. The number of rotatable bonds is 7. The van der Waals surface area contributed by atoms with Crippen molar-refractivity contribution in [1.29, 1.82) is 0 Å². The van der Waals surface area contributed by atoms with Crippen molar-refractivity contribution in [1.82, 2.24) is 10.3 Å². The molecule has 6 heteroatoms. The fourth-order valence-electron chi connectivity index (χ4n) is 2.52. The summed E-state index contributed by atoms with van der Waals surface area (Å²) in [6, 6.07) is 10.7. The van der Waals surface area contributed by atoms with Crippen LogP contribution >= 0.6 is 0 Å². The van der Waals surface area contributed by atoms with Crippen LogP contribution in [0.25, 0.3) is 0 Å². The second-order valence-electron chi connectivity index (χ2n) is 6.22. The van der Waals surface area contributed by atoms with Crippen LogP contribution in [-0.2, 0) is 9.59 Å². The van der Waals surface area contributed by atoms with Crippen LogP contribution in [0.3, 0.4) is 0 Å². The third-order valence-corrected chi connectivity index (χ3v) is 4.10. The van der Waals surface area contributed by atoms with E-state index in [2.05, 4.69) is 22.5 Å². The van der Waals surface area contributed by atoms with E-state index >= 15 is 0 Å². The van der Waals surface area contributed by atoms with Crippen molar-refractivity contribution in [2.24, 2.45) is 11.8 Å². The zero-order valence-electron chi connectivity index (χ0n) is 14.1. The molecule has 1 fully saturated rings. The van der Waals surface area contributed by atoms with Gasteiger partial charge in [-0.3, -0.25) is 14.6 Å². The Hall–Kier alpha value is -2.89. The van der Waals surface area contributed by atoms with Gasteiger partial charge < -0.3 is 15.4 Å². The molecule has 1 aliphatic carbocycles. The summed E-state index contributed by atoms with van der Waals surface area (Å²) >= 11 is 0. The number of carbonyl (C=O) groups excluding carboxylic acids is 2. The Morgan fingerprint density at radius 1 is 1.20 bits per heavy atom. The number of ether oxygens (including phenoxy) is 1. The monoisotopic (exact) mass is 339 g/mol. The minimum atomic E-state index is -0.148. The number of pyridine rings is 1. The highest BCUT2D eigenvalue weighted by molar-refractivity contribution is 5.91. The van der Waals surface area contributed by atoms with Crippen LogP contribution in [0.15, 0.2) is 48.8 Å². The molecule has 1 aliphatic rings. The van der Waals surface area contributed by atoms with Gasteiger partial charge in [0.25, 0.3) is 0 Å². The van der Waals surface area contributed by atoms with E-state index in [0.717, 1.165) is 6.42 Å². The molecule has 0 radical (unpaired) electrons. The van der Waals surface area contributed by atoms with Crippen LogP contribution in [0, 0.1) is 11.8 Å². The first kappa shape index (κ1) is 17.0. The summed E-state index contributed by atoms with van der Waals surface area (Å²) in [4.78, 5) is 27.6. The first-order valence-corrected chi connectivity index (χ1v) is 8.37. The Balaban J connectivity index is 1.46. The molecule has 1 aromatic heterocycles. The molecule has 0 saturated heterocycles. The van der Waals surface area contributed by atoms with E-state index in [9.17, 15) is 9.59 Å². The molecule has 0 spiro atoms. The summed E-state index contributed by atoms with van der Waals surface area (Å²) in [5.41, 5.74) is 0.652. The number of carbonyl (C=O) groups is 2. The van der Waals surface area contributed by atoms with Crippen LogP contribution < -0.4 is 15.4 Å². The van der Waals surface area contributed by atoms with Crippen molar-refractivity contribution >= 4 is 17.5 Å². The summed E-state index contributed by atoms with van der Waals surface area (Å²) in [5.74, 6) is 1.80. The number of hydrogen-bond acceptors (Lipinski definition) is 4. The van der Waals surface area contributed by atoms with Gasteiger partial charge >= 0.3 is 0 Å². The third kappa shape index (κ3) is 5.04. The quantitative estimate of drug-likeness (QED) is 0.813. The van der Waals surface area contributed by atoms with E-state index in [1.54, 1.807) is 36.7 Å². The molecule has 2 amide bonds. The highest BCUT2D eigenvalue weighted by Crippen LogP contribution is 2.37. The molecule has 0 bridgehead atoms. The Labute approximate surface area is 146 Å². The van der Waals surface area contributed by atoms with Gasteiger partial charge in [-0.25, -0.2) is 0 Å². The minimum Gasteiger partial charge on any atom is -0.457 e. The van der Waals surface area contributed by atoms with Crippen molar-refractivity contribution < 1.29 is 14.3 Å². The third-order valence-electron chi connectivity index (χ3n) is 4.10. The molecule has 25 heavy (non-hydrogen) atoms. The molecular weight excluding hydrogens is 318 g/mol. The summed E-state index contributed by atoms with van der Waals surface area (Å²) in [5, 5.41) is 5.62. The number of benzene rings is 1. The molecular formula is C19H21N3O3. The predicted octanol–water partition coefficient (Wildman–Crippen LogP) is 2.97. The normalized spacial score (nSPS) is 18.3. The number of aromatic nitrogens is 1. The molecule has 0 aliphatic heterocycles. The summed E-state index contributed by atoms with van der Waals surface area (Å²) in [6.07, 6.45) is 4.49. The van der Waals surface area contributed by atoms with Crippen molar-refractivity contribution in [2.45, 2.75) is 19.8 Å². The van der Waals surface area contributed by atoms with Gasteiger partial charge in [-0.1, -0.05) is 13.0 Å². The lowest BCUT2D eigenvalue weighted by atomic mass is 10.2. The van der Waals surface area contributed by atoms with Gasteiger partial charge in [-0.15, -0.1) is 0 Å². The molecule has 0 unspecified atom stereocenters. The van der Waals surface area contributed by atoms with Gasteiger partial charge in [0.2, 0.25) is 11.8 Å². The van der Waals surface area contributed by atoms with Gasteiger partial charge in [-0.2, -0.15) is 0 Å². The lowest BCUT2D eigenvalue weighted by Crippen LogP contribution is -2.29. The van der Waals surface area contributed by atoms with Crippen LogP contribution in [0.2, 0.25) is 0 Å². The Morgan fingerprint density at radius 2 is 1.96 bits per heavy atom. The Bertz CT molecular complexity index is 749. The highest BCUT2D eigenvalue weighted by Gasteiger charge is 2.38. The van der Waals surface area contributed by atoms with Crippen LogP contribution in [-0.4, -0.2) is 23.3 Å². The second kappa shape index (κ2) is 7.79. The van der Waals surface area contributed by atoms with E-state index in [-0.39, 0.29) is 24.2 Å². The number of amides is 2. The number of hydrogen-bond donors (Lipinski definition) is 2. The SMILES string of the molecule is C[C@@H]1C[C@@H]1C(=O)NCCC(=O)Nc1cccc(Oc2ccncc2)c1. The van der Waals surface area contributed by atoms with Gasteiger partial charge in [0.15, 0.2) is 0 Å². The van der Waals surface area contributed by atoms with Crippen LogP contribution in [0.5, 0.6) is 11.5 Å². The number of anilines is 1. The molecule has 2 N–H and O–H groups in total. The first-order valence-electron chi connectivity index (χ1n) is 8.37. The fourth-order valence-corrected chi connectivity index (χ4v) is 2.52. The molecule has 1 aromatic carbocycles. The van der Waals surface area contributed by atoms with Gasteiger partial charge in [0, 0.05) is 43.0 Å². The van der Waals surface area contributed by atoms with E-state index in [4.69, 9.17) is 4.74 Å². The van der Waals surface area contributed by atoms with Crippen molar-refractivity contribution in [3.05, 3.63) is 48.8 Å². The zero-order valence-corrected chi connectivity index (χ0v) is 14.1. The topological polar surface area (TPSA) is 80.3 Å². The molecule has 1 heterocycles. The van der Waals surface area contributed by atoms with Crippen molar-refractivity contribution in [3.8, 4) is 11.5 Å².